The summed E-state index contributed by atoms with van der Waals surface area (Å²) in [6.45, 7) is 4.21. The van der Waals surface area contributed by atoms with E-state index in [-0.39, 0.29) is 5.41 Å². The Labute approximate surface area is 98.5 Å². The maximum atomic E-state index is 11.2. The number of rotatable bonds is 6. The Hall–Kier alpha value is -0.450. The van der Waals surface area contributed by atoms with Crippen molar-refractivity contribution < 1.29 is 9.53 Å². The highest BCUT2D eigenvalue weighted by Crippen LogP contribution is 2.26. The summed E-state index contributed by atoms with van der Waals surface area (Å²) >= 11 is 0. The van der Waals surface area contributed by atoms with Gasteiger partial charge in [0.25, 0.3) is 0 Å². The van der Waals surface area contributed by atoms with Crippen LogP contribution in [-0.4, -0.2) is 70.1 Å². The number of carbonyl (C=O) groups excluding carboxylic acids is 1. The lowest BCUT2D eigenvalue weighted by Crippen LogP contribution is -2.44. The highest BCUT2D eigenvalue weighted by atomic mass is 16.5. The predicted molar refractivity (Wildman–Crippen MR) is 64.6 cm³/mol. The van der Waals surface area contributed by atoms with Gasteiger partial charge >= 0.3 is 0 Å². The summed E-state index contributed by atoms with van der Waals surface area (Å²) in [5.41, 5.74) is -0.265. The molecule has 1 heterocycles. The Morgan fingerprint density at radius 3 is 2.56 bits per heavy atom. The predicted octanol–water partition coefficient (Wildman–Crippen LogP) is 0.476. The van der Waals surface area contributed by atoms with E-state index in [2.05, 4.69) is 30.9 Å². The molecule has 4 heteroatoms. The van der Waals surface area contributed by atoms with Crippen LogP contribution in [0, 0.1) is 5.41 Å². The van der Waals surface area contributed by atoms with Gasteiger partial charge in [0, 0.05) is 26.2 Å². The molecule has 0 aromatic carbocycles. The van der Waals surface area contributed by atoms with E-state index in [1.807, 2.05) is 0 Å². The largest absolute Gasteiger partial charge is 0.380 e. The molecule has 1 aliphatic heterocycles. The molecule has 0 spiro atoms. The minimum Gasteiger partial charge on any atom is -0.380 e. The first-order valence-corrected chi connectivity index (χ1v) is 5.95. The van der Waals surface area contributed by atoms with E-state index < -0.39 is 0 Å². The van der Waals surface area contributed by atoms with Crippen molar-refractivity contribution in [3.8, 4) is 0 Å². The molecule has 0 aliphatic carbocycles. The Kier molecular flexibility index (Phi) is 5.38. The molecule has 1 atom stereocenters. The maximum absolute atomic E-state index is 11.2. The molecule has 16 heavy (non-hydrogen) atoms. The van der Waals surface area contributed by atoms with Crippen LogP contribution in [0.2, 0.25) is 0 Å². The van der Waals surface area contributed by atoms with Crippen molar-refractivity contribution >= 4 is 6.29 Å². The monoisotopic (exact) mass is 228 g/mol. The van der Waals surface area contributed by atoms with Gasteiger partial charge < -0.3 is 19.3 Å². The SMILES string of the molecule is CN(C)CCN(C)CC1(C=O)CCCOC1. The third kappa shape index (κ3) is 4.20. The molecule has 1 saturated heterocycles. The van der Waals surface area contributed by atoms with Crippen LogP contribution >= 0.6 is 0 Å². The zero-order valence-corrected chi connectivity index (χ0v) is 10.7. The second-order valence-corrected chi connectivity index (χ2v) is 5.18. The summed E-state index contributed by atoms with van der Waals surface area (Å²) in [7, 11) is 6.20. The van der Waals surface area contributed by atoms with Gasteiger partial charge in [-0.15, -0.1) is 0 Å². The van der Waals surface area contributed by atoms with E-state index in [9.17, 15) is 4.79 Å². The zero-order valence-electron chi connectivity index (χ0n) is 10.7. The molecule has 1 unspecified atom stereocenters. The molecule has 0 N–H and O–H groups in total. The van der Waals surface area contributed by atoms with Crippen LogP contribution in [0.25, 0.3) is 0 Å². The first kappa shape index (κ1) is 13.6. The molecule has 1 fully saturated rings. The van der Waals surface area contributed by atoms with Crippen molar-refractivity contribution in [3.63, 3.8) is 0 Å². The molecular weight excluding hydrogens is 204 g/mol. The van der Waals surface area contributed by atoms with Crippen molar-refractivity contribution in [3.05, 3.63) is 0 Å². The van der Waals surface area contributed by atoms with Crippen LogP contribution in [0.4, 0.5) is 0 Å². The average Bonchev–Trinajstić information content (AvgIpc) is 2.28. The third-order valence-electron chi connectivity index (χ3n) is 3.12. The number of hydrogen-bond acceptors (Lipinski definition) is 4. The first-order chi connectivity index (χ1) is 7.58. The van der Waals surface area contributed by atoms with Gasteiger partial charge in [-0.1, -0.05) is 0 Å². The van der Waals surface area contributed by atoms with E-state index in [1.165, 1.54) is 0 Å². The summed E-state index contributed by atoms with van der Waals surface area (Å²) in [5.74, 6) is 0. The topological polar surface area (TPSA) is 32.8 Å². The minimum atomic E-state index is -0.265. The average molecular weight is 228 g/mol. The molecule has 1 rings (SSSR count). The Morgan fingerprint density at radius 1 is 1.31 bits per heavy atom. The molecular formula is C12H24N2O2. The molecule has 4 nitrogen and oxygen atoms in total. The van der Waals surface area contributed by atoms with E-state index in [4.69, 9.17) is 4.74 Å². The number of ether oxygens (including phenoxy) is 1. The maximum Gasteiger partial charge on any atom is 0.129 e. The number of hydrogen-bond donors (Lipinski definition) is 0. The third-order valence-corrected chi connectivity index (χ3v) is 3.12. The lowest BCUT2D eigenvalue weighted by atomic mass is 9.83. The Morgan fingerprint density at radius 2 is 2.06 bits per heavy atom. The van der Waals surface area contributed by atoms with E-state index in [0.717, 1.165) is 45.4 Å². The van der Waals surface area contributed by atoms with Gasteiger partial charge in [0.1, 0.15) is 6.29 Å². The minimum absolute atomic E-state index is 0.265. The van der Waals surface area contributed by atoms with Gasteiger partial charge in [0.05, 0.1) is 12.0 Å². The van der Waals surface area contributed by atoms with Crippen molar-refractivity contribution in [1.29, 1.82) is 0 Å². The van der Waals surface area contributed by atoms with Gasteiger partial charge in [0.15, 0.2) is 0 Å². The van der Waals surface area contributed by atoms with Crippen molar-refractivity contribution in [2.45, 2.75) is 12.8 Å². The van der Waals surface area contributed by atoms with Crippen LogP contribution in [0.1, 0.15) is 12.8 Å². The number of nitrogens with zero attached hydrogens (tertiary/aromatic N) is 2. The summed E-state index contributed by atoms with van der Waals surface area (Å²) in [6, 6.07) is 0. The first-order valence-electron chi connectivity index (χ1n) is 5.95. The van der Waals surface area contributed by atoms with Gasteiger partial charge in [-0.25, -0.2) is 0 Å². The second-order valence-electron chi connectivity index (χ2n) is 5.18. The molecule has 0 aromatic heterocycles. The van der Waals surface area contributed by atoms with E-state index in [0.29, 0.717) is 6.61 Å². The number of aldehydes is 1. The molecule has 0 bridgehead atoms. The summed E-state index contributed by atoms with van der Waals surface area (Å²) < 4.78 is 5.43. The molecule has 0 aromatic rings. The molecule has 1 aliphatic rings. The fraction of sp³-hybridized carbons (Fsp3) is 0.917. The van der Waals surface area contributed by atoms with Crippen molar-refractivity contribution in [1.82, 2.24) is 9.80 Å². The second kappa shape index (κ2) is 6.33. The van der Waals surface area contributed by atoms with Crippen LogP contribution < -0.4 is 0 Å². The Bertz CT molecular complexity index is 213. The number of likely N-dealkylation sites (N-methyl/N-ethyl adjacent to an activating group) is 2. The molecule has 0 saturated carbocycles. The van der Waals surface area contributed by atoms with Gasteiger partial charge in [0.2, 0.25) is 0 Å². The zero-order chi connectivity index (χ0) is 12.0. The highest BCUT2D eigenvalue weighted by molar-refractivity contribution is 5.60. The summed E-state index contributed by atoms with van der Waals surface area (Å²) in [6.07, 6.45) is 3.06. The van der Waals surface area contributed by atoms with E-state index >= 15 is 0 Å². The normalized spacial score (nSPS) is 26.3. The van der Waals surface area contributed by atoms with Gasteiger partial charge in [-0.2, -0.15) is 0 Å². The standard InChI is InChI=1S/C12H24N2O2/c1-13(2)6-7-14(3)9-12(10-15)5-4-8-16-11-12/h10H,4-9,11H2,1-3H3. The van der Waals surface area contributed by atoms with Gasteiger partial charge in [-0.05, 0) is 34.0 Å². The summed E-state index contributed by atoms with van der Waals surface area (Å²) in [4.78, 5) is 15.6. The van der Waals surface area contributed by atoms with Crippen molar-refractivity contribution in [2.75, 3.05) is 54.0 Å². The smallest absolute Gasteiger partial charge is 0.129 e. The highest BCUT2D eigenvalue weighted by Gasteiger charge is 2.33. The summed E-state index contributed by atoms with van der Waals surface area (Å²) in [5, 5.41) is 0. The molecule has 94 valence electrons. The molecule has 0 amide bonds. The molecule has 0 radical (unpaired) electrons. The van der Waals surface area contributed by atoms with Crippen LogP contribution in [-0.2, 0) is 9.53 Å². The van der Waals surface area contributed by atoms with Crippen LogP contribution in [0.15, 0.2) is 0 Å². The number of carbonyl (C=O) groups is 1. The van der Waals surface area contributed by atoms with Gasteiger partial charge in [-0.3, -0.25) is 0 Å². The van der Waals surface area contributed by atoms with Crippen LogP contribution in [0.5, 0.6) is 0 Å². The van der Waals surface area contributed by atoms with Crippen molar-refractivity contribution in [2.24, 2.45) is 5.41 Å². The fourth-order valence-electron chi connectivity index (χ4n) is 2.12. The van der Waals surface area contributed by atoms with Crippen LogP contribution in [0.3, 0.4) is 0 Å². The quantitative estimate of drug-likeness (QED) is 0.619. The Balaban J connectivity index is 2.39. The van der Waals surface area contributed by atoms with E-state index in [1.54, 1.807) is 0 Å². The fourth-order valence-corrected chi connectivity index (χ4v) is 2.12. The lowest BCUT2D eigenvalue weighted by molar-refractivity contribution is -0.125. The lowest BCUT2D eigenvalue weighted by Gasteiger charge is -2.35.